The molecule has 0 atom stereocenters. The van der Waals surface area contributed by atoms with Crippen molar-refractivity contribution in [2.45, 2.75) is 0 Å². The zero-order chi connectivity index (χ0) is 6.81. The Morgan fingerprint density at radius 1 is 1.30 bits per heavy atom. The lowest BCUT2D eigenvalue weighted by Gasteiger charge is -1.86. The second-order valence-electron chi connectivity index (χ2n) is 1.55. The van der Waals surface area contributed by atoms with Crippen LogP contribution in [0.4, 0.5) is 0 Å². The molecule has 2 heterocycles. The second kappa shape index (κ2) is 2.14. The van der Waals surface area contributed by atoms with Crippen molar-refractivity contribution in [1.82, 2.24) is 20.1 Å². The van der Waals surface area contributed by atoms with Gasteiger partial charge >= 0.3 is 0 Å². The molecular formula is C4H2N5S. The second-order valence-corrected chi connectivity index (χ2v) is 2.28. The van der Waals surface area contributed by atoms with Crippen molar-refractivity contribution in [3.8, 4) is 0 Å². The first-order chi connectivity index (χ1) is 4.97. The first kappa shape index (κ1) is 5.48. The molecule has 1 radical (unpaired) electrons. The maximum atomic E-state index is 3.92. The fourth-order valence-electron chi connectivity index (χ4n) is 0.571. The monoisotopic (exact) mass is 152 g/mol. The number of nitrogens with zero attached hydrogens (tertiary/aromatic N) is 5. The van der Waals surface area contributed by atoms with Gasteiger partial charge in [0.2, 0.25) is 5.01 Å². The van der Waals surface area contributed by atoms with Gasteiger partial charge in [-0.1, -0.05) is 4.49 Å². The maximum Gasteiger partial charge on any atom is 0.205 e. The lowest BCUT2D eigenvalue weighted by atomic mass is 10.6. The van der Waals surface area contributed by atoms with Crippen LogP contribution in [0.5, 0.6) is 0 Å². The summed E-state index contributed by atoms with van der Waals surface area (Å²) in [5, 5.41) is 11.7. The molecule has 0 fully saturated rings. The highest BCUT2D eigenvalue weighted by molar-refractivity contribution is 7.07. The van der Waals surface area contributed by atoms with Gasteiger partial charge in [-0.25, -0.2) is 10.3 Å². The highest BCUT2D eigenvalue weighted by Gasteiger charge is 2.09. The third-order valence-electron chi connectivity index (χ3n) is 0.951. The van der Waals surface area contributed by atoms with Crippen LogP contribution < -0.4 is 5.32 Å². The molecule has 0 aromatic carbocycles. The molecule has 0 N–H and O–H groups in total. The van der Waals surface area contributed by atoms with Crippen LogP contribution in [0.15, 0.2) is 17.4 Å². The van der Waals surface area contributed by atoms with E-state index in [1.807, 2.05) is 0 Å². The minimum atomic E-state index is 0.593. The van der Waals surface area contributed by atoms with E-state index in [0.717, 1.165) is 0 Å². The summed E-state index contributed by atoms with van der Waals surface area (Å²) >= 11 is 1.18. The van der Waals surface area contributed by atoms with Crippen LogP contribution in [-0.2, 0) is 0 Å². The molecule has 0 saturated heterocycles. The van der Waals surface area contributed by atoms with Crippen molar-refractivity contribution in [3.05, 3.63) is 17.4 Å². The van der Waals surface area contributed by atoms with Crippen LogP contribution in [0.3, 0.4) is 0 Å². The summed E-state index contributed by atoms with van der Waals surface area (Å²) in [6.07, 6.45) is 3.22. The Morgan fingerprint density at radius 2 is 2.30 bits per heavy atom. The van der Waals surface area contributed by atoms with E-state index < -0.39 is 0 Å². The summed E-state index contributed by atoms with van der Waals surface area (Å²) in [6.45, 7) is 0. The van der Waals surface area contributed by atoms with E-state index in [1.165, 1.54) is 11.5 Å². The number of hydrogen-bond donors (Lipinski definition) is 0. The molecule has 0 aliphatic carbocycles. The van der Waals surface area contributed by atoms with Gasteiger partial charge < -0.3 is 0 Å². The quantitative estimate of drug-likeness (QED) is 0.558. The molecule has 1 aromatic heterocycles. The van der Waals surface area contributed by atoms with E-state index in [-0.39, 0.29) is 0 Å². The van der Waals surface area contributed by atoms with Gasteiger partial charge in [0.1, 0.15) is 0 Å². The van der Waals surface area contributed by atoms with Crippen molar-refractivity contribution in [2.24, 2.45) is 4.99 Å². The van der Waals surface area contributed by atoms with Crippen LogP contribution in [0.25, 0.3) is 0 Å². The summed E-state index contributed by atoms with van der Waals surface area (Å²) in [5.74, 6) is 0.593. The Morgan fingerprint density at radius 3 is 2.90 bits per heavy atom. The average Bonchev–Trinajstić information content (AvgIpc) is 2.59. The standard InChI is InChI=1S/C4H2N5S/c1-2-6-3(5-1)4-7-8-9-10-4/h1-2H. The SMILES string of the molecule is C1=CN=C(c2nnns2)[N]1. The third kappa shape index (κ3) is 0.781. The first-order valence-corrected chi connectivity index (χ1v) is 3.33. The van der Waals surface area contributed by atoms with E-state index in [9.17, 15) is 0 Å². The highest BCUT2D eigenvalue weighted by Crippen LogP contribution is 2.02. The lowest BCUT2D eigenvalue weighted by molar-refractivity contribution is 0.949. The average molecular weight is 152 g/mol. The van der Waals surface area contributed by atoms with Gasteiger partial charge in [0.15, 0.2) is 5.84 Å². The molecule has 0 unspecified atom stereocenters. The van der Waals surface area contributed by atoms with Crippen LogP contribution in [0, 0.1) is 0 Å². The van der Waals surface area contributed by atoms with Gasteiger partial charge in [-0.05, 0) is 5.21 Å². The molecule has 0 bridgehead atoms. The van der Waals surface area contributed by atoms with E-state index in [2.05, 4.69) is 25.1 Å². The molecule has 0 spiro atoms. The van der Waals surface area contributed by atoms with Crippen LogP contribution >= 0.6 is 11.5 Å². The van der Waals surface area contributed by atoms with Gasteiger partial charge in [-0.2, -0.15) is 0 Å². The largest absolute Gasteiger partial charge is 0.233 e. The van der Waals surface area contributed by atoms with Crippen LogP contribution in [0.1, 0.15) is 5.01 Å². The van der Waals surface area contributed by atoms with Crippen molar-refractivity contribution >= 4 is 17.4 Å². The molecule has 0 saturated carbocycles. The van der Waals surface area contributed by atoms with Gasteiger partial charge in [0, 0.05) is 23.9 Å². The van der Waals surface area contributed by atoms with Gasteiger partial charge in [-0.3, -0.25) is 0 Å². The minimum absolute atomic E-state index is 0.593. The molecule has 10 heavy (non-hydrogen) atoms. The lowest BCUT2D eigenvalue weighted by Crippen LogP contribution is -2.06. The number of aliphatic imine (C=N–C) groups is 1. The van der Waals surface area contributed by atoms with Crippen molar-refractivity contribution in [1.29, 1.82) is 0 Å². The summed E-state index contributed by atoms with van der Waals surface area (Å²) in [5.41, 5.74) is 0. The number of amidine groups is 1. The zero-order valence-electron chi connectivity index (χ0n) is 4.80. The Hall–Kier alpha value is -1.30. The van der Waals surface area contributed by atoms with Crippen LogP contribution in [-0.4, -0.2) is 20.6 Å². The molecule has 5 nitrogen and oxygen atoms in total. The smallest absolute Gasteiger partial charge is 0.205 e. The molecule has 6 heteroatoms. The van der Waals surface area contributed by atoms with Crippen molar-refractivity contribution in [2.75, 3.05) is 0 Å². The molecule has 0 amide bonds. The molecular weight excluding hydrogens is 150 g/mol. The Kier molecular flexibility index (Phi) is 1.17. The Bertz CT molecular complexity index is 274. The Labute approximate surface area is 60.7 Å². The number of rotatable bonds is 1. The van der Waals surface area contributed by atoms with Gasteiger partial charge in [0.25, 0.3) is 0 Å². The minimum Gasteiger partial charge on any atom is -0.233 e. The third-order valence-corrected chi connectivity index (χ3v) is 1.54. The van der Waals surface area contributed by atoms with Crippen LogP contribution in [0.2, 0.25) is 0 Å². The van der Waals surface area contributed by atoms with Gasteiger partial charge in [-0.15, -0.1) is 5.10 Å². The molecule has 49 valence electrons. The summed E-state index contributed by atoms with van der Waals surface area (Å²) in [6, 6.07) is 0. The fraction of sp³-hybridized carbons (Fsp3) is 0. The van der Waals surface area contributed by atoms with Crippen molar-refractivity contribution < 1.29 is 0 Å². The van der Waals surface area contributed by atoms with Gasteiger partial charge in [0.05, 0.1) is 0 Å². The Balaban J connectivity index is 2.30. The topological polar surface area (TPSA) is 65.1 Å². The molecule has 1 aromatic rings. The van der Waals surface area contributed by atoms with E-state index in [4.69, 9.17) is 0 Å². The zero-order valence-corrected chi connectivity index (χ0v) is 5.62. The molecule has 1 aliphatic heterocycles. The van der Waals surface area contributed by atoms with E-state index in [0.29, 0.717) is 10.8 Å². The molecule has 2 rings (SSSR count). The van der Waals surface area contributed by atoms with E-state index in [1.54, 1.807) is 12.4 Å². The normalized spacial score (nSPS) is 15.0. The molecule has 1 aliphatic rings. The predicted molar refractivity (Wildman–Crippen MR) is 35.5 cm³/mol. The fourth-order valence-corrected chi connectivity index (χ4v) is 0.982. The number of hydrogen-bond acceptors (Lipinski definition) is 5. The first-order valence-electron chi connectivity index (χ1n) is 2.56. The maximum absolute atomic E-state index is 3.92. The predicted octanol–water partition coefficient (Wildman–Crippen LogP) is -0.231. The summed E-state index contributed by atoms with van der Waals surface area (Å²) < 4.78 is 3.58. The highest BCUT2D eigenvalue weighted by atomic mass is 32.1. The summed E-state index contributed by atoms with van der Waals surface area (Å²) in [4.78, 5) is 3.92. The van der Waals surface area contributed by atoms with Crippen molar-refractivity contribution in [3.63, 3.8) is 0 Å². The summed E-state index contributed by atoms with van der Waals surface area (Å²) in [7, 11) is 0. The number of aromatic nitrogens is 3. The van der Waals surface area contributed by atoms with E-state index >= 15 is 0 Å².